The van der Waals surface area contributed by atoms with Gasteiger partial charge in [0.1, 0.15) is 11.6 Å². The molecule has 1 aromatic heterocycles. The number of nitrogens with zero attached hydrogens (tertiary/aromatic N) is 3. The van der Waals surface area contributed by atoms with Crippen molar-refractivity contribution in [3.05, 3.63) is 81.5 Å². The van der Waals surface area contributed by atoms with Crippen molar-refractivity contribution in [2.45, 2.75) is 52.6 Å². The minimum atomic E-state index is -0.408. The standard InChI is InChI=1S/C25H31N3O4/c1-4-16-27-23(26-28(25(27)30)17-21-10-8-19(2)9-11-21)7-5-6-20-12-14-22(15-13-20)32-18-24(29)31-3/h8-15H,4-7,16-18H2,1-3H3. The van der Waals surface area contributed by atoms with Gasteiger partial charge in [0.05, 0.1) is 13.7 Å². The molecule has 3 rings (SSSR count). The van der Waals surface area contributed by atoms with Crippen molar-refractivity contribution in [3.8, 4) is 5.75 Å². The number of aryl methyl sites for hydroxylation is 3. The fourth-order valence-corrected chi connectivity index (χ4v) is 3.49. The number of carbonyl (C=O) groups is 1. The molecule has 32 heavy (non-hydrogen) atoms. The van der Waals surface area contributed by atoms with Crippen LogP contribution in [0.3, 0.4) is 0 Å². The molecule has 0 aliphatic rings. The van der Waals surface area contributed by atoms with E-state index < -0.39 is 5.97 Å². The predicted octanol–water partition coefficient (Wildman–Crippen LogP) is 3.54. The molecule has 0 N–H and O–H groups in total. The lowest BCUT2D eigenvalue weighted by molar-refractivity contribution is -0.142. The lowest BCUT2D eigenvalue weighted by Gasteiger charge is -2.07. The van der Waals surface area contributed by atoms with Crippen molar-refractivity contribution in [2.75, 3.05) is 13.7 Å². The molecule has 0 aliphatic heterocycles. The van der Waals surface area contributed by atoms with Gasteiger partial charge in [-0.15, -0.1) is 0 Å². The highest BCUT2D eigenvalue weighted by Crippen LogP contribution is 2.14. The third-order valence-corrected chi connectivity index (χ3v) is 5.27. The van der Waals surface area contributed by atoms with E-state index in [2.05, 4.69) is 28.9 Å². The first-order valence-electron chi connectivity index (χ1n) is 11.0. The van der Waals surface area contributed by atoms with Crippen LogP contribution in [-0.2, 0) is 35.5 Å². The summed E-state index contributed by atoms with van der Waals surface area (Å²) in [6.45, 7) is 5.17. The summed E-state index contributed by atoms with van der Waals surface area (Å²) in [6.07, 6.45) is 3.36. The van der Waals surface area contributed by atoms with Gasteiger partial charge in [-0.2, -0.15) is 5.10 Å². The van der Waals surface area contributed by atoms with E-state index in [0.29, 0.717) is 18.8 Å². The molecule has 0 fully saturated rings. The highest BCUT2D eigenvalue weighted by atomic mass is 16.6. The van der Waals surface area contributed by atoms with Crippen LogP contribution >= 0.6 is 0 Å². The van der Waals surface area contributed by atoms with Gasteiger partial charge in [0.15, 0.2) is 6.61 Å². The summed E-state index contributed by atoms with van der Waals surface area (Å²) in [4.78, 5) is 24.0. The molecule has 2 aromatic carbocycles. The van der Waals surface area contributed by atoms with E-state index in [1.54, 1.807) is 9.25 Å². The molecule has 0 bridgehead atoms. The van der Waals surface area contributed by atoms with Gasteiger partial charge < -0.3 is 9.47 Å². The van der Waals surface area contributed by atoms with Gasteiger partial charge in [0.25, 0.3) is 0 Å². The zero-order chi connectivity index (χ0) is 22.9. The van der Waals surface area contributed by atoms with Crippen molar-refractivity contribution >= 4 is 5.97 Å². The van der Waals surface area contributed by atoms with Gasteiger partial charge in [-0.3, -0.25) is 4.57 Å². The first-order chi connectivity index (χ1) is 15.5. The average molecular weight is 438 g/mol. The Kier molecular flexibility index (Phi) is 8.25. The van der Waals surface area contributed by atoms with Gasteiger partial charge in [-0.1, -0.05) is 48.9 Å². The summed E-state index contributed by atoms with van der Waals surface area (Å²) >= 11 is 0. The number of methoxy groups -OCH3 is 1. The molecule has 170 valence electrons. The van der Waals surface area contributed by atoms with Crippen molar-refractivity contribution in [2.24, 2.45) is 0 Å². The second kappa shape index (κ2) is 11.3. The van der Waals surface area contributed by atoms with Crippen molar-refractivity contribution in [1.82, 2.24) is 14.3 Å². The number of carbonyl (C=O) groups excluding carboxylic acids is 1. The third-order valence-electron chi connectivity index (χ3n) is 5.27. The molecule has 7 heteroatoms. The zero-order valence-electron chi connectivity index (χ0n) is 19.0. The maximum atomic E-state index is 12.9. The molecule has 0 saturated carbocycles. The van der Waals surface area contributed by atoms with E-state index in [0.717, 1.165) is 37.1 Å². The first kappa shape index (κ1) is 23.3. The molecule has 0 unspecified atom stereocenters. The quantitative estimate of drug-likeness (QED) is 0.429. The smallest absolute Gasteiger partial charge is 0.346 e. The number of hydrogen-bond donors (Lipinski definition) is 0. The highest BCUT2D eigenvalue weighted by molar-refractivity contribution is 5.70. The summed E-state index contributed by atoms with van der Waals surface area (Å²) in [7, 11) is 1.33. The largest absolute Gasteiger partial charge is 0.482 e. The van der Waals surface area contributed by atoms with Crippen LogP contribution in [0.25, 0.3) is 0 Å². The van der Waals surface area contributed by atoms with E-state index in [9.17, 15) is 9.59 Å². The van der Waals surface area contributed by atoms with E-state index in [-0.39, 0.29) is 12.3 Å². The Hall–Kier alpha value is -3.35. The minimum Gasteiger partial charge on any atom is -0.482 e. The van der Waals surface area contributed by atoms with Crippen LogP contribution < -0.4 is 10.4 Å². The SMILES string of the molecule is CCCn1c(CCCc2ccc(OCC(=O)OC)cc2)nn(Cc2ccc(C)cc2)c1=O. The number of esters is 1. The molecule has 0 aliphatic carbocycles. The molecule has 0 amide bonds. The lowest BCUT2D eigenvalue weighted by Crippen LogP contribution is -2.26. The van der Waals surface area contributed by atoms with E-state index in [1.165, 1.54) is 18.2 Å². The van der Waals surface area contributed by atoms with Crippen molar-refractivity contribution in [1.29, 1.82) is 0 Å². The van der Waals surface area contributed by atoms with Crippen LogP contribution in [0.1, 0.15) is 42.3 Å². The van der Waals surface area contributed by atoms with Crippen molar-refractivity contribution < 1.29 is 14.3 Å². The lowest BCUT2D eigenvalue weighted by atomic mass is 10.1. The summed E-state index contributed by atoms with van der Waals surface area (Å²) in [5, 5.41) is 4.64. The summed E-state index contributed by atoms with van der Waals surface area (Å²) in [5.74, 6) is 1.06. The Bertz CT molecular complexity index is 1070. The van der Waals surface area contributed by atoms with Crippen LogP contribution in [0.2, 0.25) is 0 Å². The molecule has 1 heterocycles. The predicted molar refractivity (Wildman–Crippen MR) is 123 cm³/mol. The van der Waals surface area contributed by atoms with Crippen LogP contribution in [-0.4, -0.2) is 34.0 Å². The Labute approximate surface area is 188 Å². The Morgan fingerprint density at radius 2 is 1.69 bits per heavy atom. The minimum absolute atomic E-state index is 0.0467. The molecule has 7 nitrogen and oxygen atoms in total. The molecule has 0 spiro atoms. The highest BCUT2D eigenvalue weighted by Gasteiger charge is 2.13. The van der Waals surface area contributed by atoms with Gasteiger partial charge in [0, 0.05) is 13.0 Å². The van der Waals surface area contributed by atoms with Gasteiger partial charge in [-0.25, -0.2) is 14.3 Å². The molecule has 3 aromatic rings. The van der Waals surface area contributed by atoms with Crippen LogP contribution in [0.4, 0.5) is 0 Å². The fraction of sp³-hybridized carbons (Fsp3) is 0.400. The van der Waals surface area contributed by atoms with E-state index in [1.807, 2.05) is 43.3 Å². The molecule has 0 saturated heterocycles. The monoisotopic (exact) mass is 437 g/mol. The van der Waals surface area contributed by atoms with E-state index in [4.69, 9.17) is 4.74 Å². The van der Waals surface area contributed by atoms with Gasteiger partial charge >= 0.3 is 11.7 Å². The van der Waals surface area contributed by atoms with E-state index >= 15 is 0 Å². The summed E-state index contributed by atoms with van der Waals surface area (Å²) < 4.78 is 13.3. The molecular formula is C25H31N3O4. The van der Waals surface area contributed by atoms with Crippen molar-refractivity contribution in [3.63, 3.8) is 0 Å². The summed E-state index contributed by atoms with van der Waals surface area (Å²) in [6, 6.07) is 15.9. The Morgan fingerprint density at radius 1 is 1.00 bits per heavy atom. The molecule has 0 atom stereocenters. The Morgan fingerprint density at radius 3 is 2.34 bits per heavy atom. The second-order valence-electron chi connectivity index (χ2n) is 7.86. The molecular weight excluding hydrogens is 406 g/mol. The maximum Gasteiger partial charge on any atom is 0.346 e. The van der Waals surface area contributed by atoms with Gasteiger partial charge in [-0.05, 0) is 49.4 Å². The number of benzene rings is 2. The third kappa shape index (κ3) is 6.33. The van der Waals surface area contributed by atoms with Crippen LogP contribution in [0, 0.1) is 6.92 Å². The zero-order valence-corrected chi connectivity index (χ0v) is 19.0. The Balaban J connectivity index is 1.60. The number of rotatable bonds is 11. The second-order valence-corrected chi connectivity index (χ2v) is 7.86. The van der Waals surface area contributed by atoms with Crippen LogP contribution in [0.15, 0.2) is 53.3 Å². The fourth-order valence-electron chi connectivity index (χ4n) is 3.49. The topological polar surface area (TPSA) is 75.3 Å². The number of aromatic nitrogens is 3. The summed E-state index contributed by atoms with van der Waals surface area (Å²) in [5.41, 5.74) is 3.38. The first-order valence-corrected chi connectivity index (χ1v) is 11.0. The van der Waals surface area contributed by atoms with Gasteiger partial charge in [0.2, 0.25) is 0 Å². The number of ether oxygens (including phenoxy) is 2. The van der Waals surface area contributed by atoms with Crippen LogP contribution in [0.5, 0.6) is 5.75 Å². The maximum absolute atomic E-state index is 12.9. The average Bonchev–Trinajstić information content (AvgIpc) is 3.09. The molecule has 0 radical (unpaired) electrons. The normalized spacial score (nSPS) is 10.8. The number of hydrogen-bond acceptors (Lipinski definition) is 5.